The van der Waals surface area contributed by atoms with Gasteiger partial charge in [0.05, 0.1) is 16.2 Å². The van der Waals surface area contributed by atoms with Crippen LogP contribution in [0.15, 0.2) is 19.9 Å². The van der Waals surface area contributed by atoms with Gasteiger partial charge < -0.3 is 9.84 Å². The van der Waals surface area contributed by atoms with Gasteiger partial charge >= 0.3 is 5.97 Å². The smallest absolute Gasteiger partial charge is 0.343 e. The number of aliphatic hydroxyl groups is 1. The zero-order valence-electron chi connectivity index (χ0n) is 7.59. The van der Waals surface area contributed by atoms with E-state index in [1.165, 1.54) is 0 Å². The highest BCUT2D eigenvalue weighted by Crippen LogP contribution is 2.34. The van der Waals surface area contributed by atoms with Crippen molar-refractivity contribution in [1.29, 1.82) is 0 Å². The number of carbonyl (C=O) groups is 1. The lowest BCUT2D eigenvalue weighted by Crippen LogP contribution is -2.15. The van der Waals surface area contributed by atoms with Crippen molar-refractivity contribution < 1.29 is 14.6 Å². The lowest BCUT2D eigenvalue weighted by molar-refractivity contribution is -0.134. The van der Waals surface area contributed by atoms with Crippen LogP contribution in [0.3, 0.4) is 0 Å². The molecule has 14 heavy (non-hydrogen) atoms. The Hall–Kier alpha value is 0.120. The molecule has 3 nitrogen and oxygen atoms in total. The summed E-state index contributed by atoms with van der Waals surface area (Å²) < 4.78 is 7.16. The van der Waals surface area contributed by atoms with E-state index in [9.17, 15) is 9.90 Å². The van der Waals surface area contributed by atoms with Crippen LogP contribution in [-0.2, 0) is 9.53 Å². The van der Waals surface area contributed by atoms with Crippen molar-refractivity contribution in [2.75, 3.05) is 0 Å². The first kappa shape index (κ1) is 12.2. The van der Waals surface area contributed by atoms with E-state index in [2.05, 4.69) is 15.9 Å². The van der Waals surface area contributed by atoms with Crippen LogP contribution in [-0.4, -0.2) is 17.2 Å². The predicted octanol–water partition coefficient (Wildman–Crippen LogP) is 2.63. The third kappa shape index (κ3) is 2.38. The van der Waals surface area contributed by atoms with Crippen molar-refractivity contribution in [1.82, 2.24) is 0 Å². The molecule has 1 N–H and O–H groups in total. The zero-order valence-corrected chi connectivity index (χ0v) is 11.3. The average molecular weight is 373 g/mol. The zero-order chi connectivity index (χ0) is 10.7. The Labute approximate surface area is 104 Å². The van der Waals surface area contributed by atoms with Gasteiger partial charge in [-0.25, -0.2) is 4.79 Å². The second-order valence-corrected chi connectivity index (χ2v) is 4.31. The lowest BCUT2D eigenvalue weighted by atomic mass is 10.1. The fourth-order valence-electron chi connectivity index (χ4n) is 1.19. The molecule has 0 fully saturated rings. The first-order valence-electron chi connectivity index (χ1n) is 4.22. The Morgan fingerprint density at radius 1 is 1.71 bits per heavy atom. The van der Waals surface area contributed by atoms with E-state index in [-0.39, 0.29) is 0 Å². The molecule has 0 aromatic carbocycles. The highest BCUT2D eigenvalue weighted by Gasteiger charge is 2.32. The van der Waals surface area contributed by atoms with Crippen molar-refractivity contribution in [2.45, 2.75) is 25.9 Å². The molecule has 1 aliphatic heterocycles. The van der Waals surface area contributed by atoms with Gasteiger partial charge in [-0.1, -0.05) is 13.3 Å². The van der Waals surface area contributed by atoms with Crippen molar-refractivity contribution in [3.05, 3.63) is 19.9 Å². The summed E-state index contributed by atoms with van der Waals surface area (Å²) in [5, 5.41) is 9.68. The molecular formula is C9H10BrIO3. The van der Waals surface area contributed by atoms with Crippen LogP contribution in [0.1, 0.15) is 19.8 Å². The van der Waals surface area contributed by atoms with Crippen LogP contribution in [0.4, 0.5) is 0 Å². The molecule has 0 saturated carbocycles. The number of esters is 1. The Kier molecular flexibility index (Phi) is 4.59. The van der Waals surface area contributed by atoms with E-state index in [1.807, 2.05) is 29.5 Å². The maximum absolute atomic E-state index is 11.4. The quantitative estimate of drug-likeness (QED) is 0.612. The first-order valence-corrected chi connectivity index (χ1v) is 6.26. The Morgan fingerprint density at radius 2 is 2.36 bits per heavy atom. The maximum atomic E-state index is 11.4. The molecule has 5 heteroatoms. The first-order chi connectivity index (χ1) is 6.61. The molecule has 0 bridgehead atoms. The van der Waals surface area contributed by atoms with Crippen LogP contribution in [0, 0.1) is 0 Å². The van der Waals surface area contributed by atoms with Crippen LogP contribution < -0.4 is 0 Å². The lowest BCUT2D eigenvalue weighted by Gasteiger charge is -2.07. The SMILES string of the molecule is CCCC(O)C1=C(Br)/C(=C\I)OC1=O. The number of carbonyl (C=O) groups excluding carboxylic acids is 1. The summed E-state index contributed by atoms with van der Waals surface area (Å²) in [6.07, 6.45) is 0.644. The molecule has 1 rings (SSSR count). The van der Waals surface area contributed by atoms with E-state index >= 15 is 0 Å². The molecule has 0 aliphatic carbocycles. The van der Waals surface area contributed by atoms with Crippen molar-refractivity contribution in [3.63, 3.8) is 0 Å². The summed E-state index contributed by atoms with van der Waals surface area (Å²) in [5.41, 5.74) is 0.328. The summed E-state index contributed by atoms with van der Waals surface area (Å²) in [4.78, 5) is 11.4. The molecule has 0 saturated heterocycles. The summed E-state index contributed by atoms with van der Waals surface area (Å²) in [5.74, 6) is 0.0153. The standard InChI is InChI=1S/C9H10BrIO3/c1-2-3-5(12)7-8(10)6(4-11)14-9(7)13/h4-5,12H,2-3H2,1H3/b6-4+. The third-order valence-corrected chi connectivity index (χ3v) is 3.25. The molecule has 0 amide bonds. The Bertz CT molecular complexity index is 309. The monoisotopic (exact) mass is 372 g/mol. The molecule has 0 spiro atoms. The summed E-state index contributed by atoms with van der Waals surface area (Å²) >= 11 is 5.23. The molecule has 1 unspecified atom stereocenters. The van der Waals surface area contributed by atoms with Crippen LogP contribution >= 0.6 is 38.5 Å². The summed E-state index contributed by atoms with van der Waals surface area (Å²) in [6, 6.07) is 0. The largest absolute Gasteiger partial charge is 0.421 e. The van der Waals surface area contributed by atoms with E-state index < -0.39 is 12.1 Å². The van der Waals surface area contributed by atoms with Gasteiger partial charge in [0.1, 0.15) is 0 Å². The van der Waals surface area contributed by atoms with Gasteiger partial charge in [-0.2, -0.15) is 0 Å². The van der Waals surface area contributed by atoms with Crippen molar-refractivity contribution >= 4 is 44.5 Å². The summed E-state index contributed by atoms with van der Waals surface area (Å²) in [7, 11) is 0. The number of aliphatic hydroxyl groups excluding tert-OH is 1. The Morgan fingerprint density at radius 3 is 2.79 bits per heavy atom. The normalized spacial score (nSPS) is 21.7. The predicted molar refractivity (Wildman–Crippen MR) is 65.1 cm³/mol. The number of rotatable bonds is 3. The topological polar surface area (TPSA) is 46.5 Å². The van der Waals surface area contributed by atoms with E-state index in [0.717, 1.165) is 6.42 Å². The van der Waals surface area contributed by atoms with Gasteiger partial charge in [0.15, 0.2) is 5.76 Å². The van der Waals surface area contributed by atoms with E-state index in [4.69, 9.17) is 4.74 Å². The fourth-order valence-corrected chi connectivity index (χ4v) is 2.68. The molecular weight excluding hydrogens is 363 g/mol. The number of hydrogen-bond donors (Lipinski definition) is 1. The molecule has 0 radical (unpaired) electrons. The average Bonchev–Trinajstić information content (AvgIpc) is 2.41. The van der Waals surface area contributed by atoms with E-state index in [0.29, 0.717) is 22.2 Å². The minimum atomic E-state index is -0.740. The maximum Gasteiger partial charge on any atom is 0.343 e. The minimum absolute atomic E-state index is 0.328. The number of hydrogen-bond acceptors (Lipinski definition) is 3. The summed E-state index contributed by atoms with van der Waals surface area (Å²) in [6.45, 7) is 1.95. The molecule has 0 aromatic rings. The fraction of sp³-hybridized carbons (Fsp3) is 0.444. The van der Waals surface area contributed by atoms with E-state index in [1.54, 1.807) is 4.08 Å². The van der Waals surface area contributed by atoms with Crippen molar-refractivity contribution in [2.24, 2.45) is 0 Å². The minimum Gasteiger partial charge on any atom is -0.421 e. The second-order valence-electron chi connectivity index (χ2n) is 2.90. The van der Waals surface area contributed by atoms with Gasteiger partial charge in [-0.05, 0) is 44.9 Å². The highest BCUT2D eigenvalue weighted by molar-refractivity contribution is 14.1. The number of ether oxygens (including phenoxy) is 1. The molecule has 78 valence electrons. The van der Waals surface area contributed by atoms with Gasteiger partial charge in [0.2, 0.25) is 0 Å². The van der Waals surface area contributed by atoms with Gasteiger partial charge in [0, 0.05) is 4.08 Å². The van der Waals surface area contributed by atoms with Gasteiger partial charge in [0.25, 0.3) is 0 Å². The molecule has 1 heterocycles. The third-order valence-electron chi connectivity index (χ3n) is 1.87. The van der Waals surface area contributed by atoms with Gasteiger partial charge in [-0.15, -0.1) is 0 Å². The highest BCUT2D eigenvalue weighted by atomic mass is 127. The molecule has 1 aliphatic rings. The van der Waals surface area contributed by atoms with Crippen molar-refractivity contribution in [3.8, 4) is 0 Å². The number of allylic oxidation sites excluding steroid dienone is 1. The molecule has 0 aromatic heterocycles. The molecule has 1 atom stereocenters. The van der Waals surface area contributed by atoms with Gasteiger partial charge in [-0.3, -0.25) is 0 Å². The number of halogens is 2. The van der Waals surface area contributed by atoms with Crippen LogP contribution in [0.2, 0.25) is 0 Å². The van der Waals surface area contributed by atoms with Crippen LogP contribution in [0.5, 0.6) is 0 Å². The second kappa shape index (κ2) is 5.27. The number of cyclic esters (lactones) is 1. The Balaban J connectivity index is 2.95. The van der Waals surface area contributed by atoms with Crippen LogP contribution in [0.25, 0.3) is 0 Å².